The number of hydrogen-bond acceptors (Lipinski definition) is 3. The lowest BCUT2D eigenvalue weighted by Gasteiger charge is -2.27. The Bertz CT molecular complexity index is 527. The van der Waals surface area contributed by atoms with Gasteiger partial charge in [0.05, 0.1) is 5.02 Å². The first-order valence-corrected chi connectivity index (χ1v) is 7.55. The van der Waals surface area contributed by atoms with E-state index >= 15 is 0 Å². The van der Waals surface area contributed by atoms with Crippen LogP contribution in [-0.2, 0) is 16.1 Å². The van der Waals surface area contributed by atoms with Crippen LogP contribution in [0.4, 0.5) is 4.39 Å². The van der Waals surface area contributed by atoms with E-state index in [0.717, 1.165) is 24.9 Å². The first kappa shape index (κ1) is 16.2. The van der Waals surface area contributed by atoms with E-state index in [9.17, 15) is 9.18 Å². The van der Waals surface area contributed by atoms with E-state index in [2.05, 4.69) is 0 Å². The third kappa shape index (κ3) is 4.42. The molecule has 116 valence electrons. The molecule has 1 fully saturated rings. The van der Waals surface area contributed by atoms with E-state index in [1.54, 1.807) is 12.1 Å². The minimum absolute atomic E-state index is 0.115. The van der Waals surface area contributed by atoms with E-state index < -0.39 is 11.4 Å². The molecule has 0 N–H and O–H groups in total. The molecule has 0 aromatic heterocycles. The van der Waals surface area contributed by atoms with Crippen LogP contribution in [0.3, 0.4) is 0 Å². The molecule has 0 saturated carbocycles. The van der Waals surface area contributed by atoms with Crippen molar-refractivity contribution < 1.29 is 13.9 Å². The molecule has 0 amide bonds. The van der Waals surface area contributed by atoms with Crippen LogP contribution in [0.5, 0.6) is 0 Å². The van der Waals surface area contributed by atoms with Crippen molar-refractivity contribution in [3.8, 4) is 0 Å². The van der Waals surface area contributed by atoms with Gasteiger partial charge in [-0.05, 0) is 57.9 Å². The third-order valence-electron chi connectivity index (χ3n) is 3.41. The Morgan fingerprint density at radius 1 is 1.48 bits per heavy atom. The maximum absolute atomic E-state index is 13.5. The summed E-state index contributed by atoms with van der Waals surface area (Å²) in [6.45, 7) is 6.92. The van der Waals surface area contributed by atoms with Gasteiger partial charge >= 0.3 is 5.97 Å². The molecule has 1 aromatic rings. The van der Waals surface area contributed by atoms with Crippen LogP contribution in [0.1, 0.15) is 39.2 Å². The zero-order valence-electron chi connectivity index (χ0n) is 12.7. The van der Waals surface area contributed by atoms with Crippen molar-refractivity contribution in [1.82, 2.24) is 4.90 Å². The molecule has 1 atom stereocenters. The normalized spacial score (nSPS) is 19.8. The predicted molar refractivity (Wildman–Crippen MR) is 80.7 cm³/mol. The van der Waals surface area contributed by atoms with Crippen molar-refractivity contribution >= 4 is 17.6 Å². The predicted octanol–water partition coefficient (Wildman–Crippen LogP) is 3.79. The van der Waals surface area contributed by atoms with Gasteiger partial charge < -0.3 is 4.74 Å². The number of ether oxygens (including phenoxy) is 1. The molecule has 3 nitrogen and oxygen atoms in total. The van der Waals surface area contributed by atoms with Gasteiger partial charge in [0.25, 0.3) is 0 Å². The summed E-state index contributed by atoms with van der Waals surface area (Å²) in [5, 5.41) is 0.115. The molecule has 0 aliphatic carbocycles. The van der Waals surface area contributed by atoms with E-state index in [4.69, 9.17) is 16.3 Å². The number of halogens is 2. The highest BCUT2D eigenvalue weighted by Gasteiger charge is 2.33. The van der Waals surface area contributed by atoms with Crippen LogP contribution < -0.4 is 0 Å². The smallest absolute Gasteiger partial charge is 0.323 e. The molecule has 1 aromatic carbocycles. The van der Waals surface area contributed by atoms with E-state index in [1.807, 2.05) is 25.7 Å². The standard InChI is InChI=1S/C16H21ClFNO2/c1-16(2,3)21-15(20)14-5-4-8-19(14)10-11-6-7-12(17)13(18)9-11/h6-7,9,14H,4-5,8,10H2,1-3H3/t14-/m1/s1. The minimum atomic E-state index is -0.488. The number of esters is 1. The molecule has 0 unspecified atom stereocenters. The monoisotopic (exact) mass is 313 g/mol. The van der Waals surface area contributed by atoms with Crippen molar-refractivity contribution in [2.24, 2.45) is 0 Å². The van der Waals surface area contributed by atoms with E-state index in [1.165, 1.54) is 6.07 Å². The second-order valence-electron chi connectivity index (χ2n) is 6.41. The Morgan fingerprint density at radius 2 is 2.19 bits per heavy atom. The lowest BCUT2D eigenvalue weighted by Crippen LogP contribution is -2.40. The number of likely N-dealkylation sites (tertiary alicyclic amines) is 1. The maximum atomic E-state index is 13.5. The molecule has 5 heteroatoms. The van der Waals surface area contributed by atoms with Crippen LogP contribution in [0.25, 0.3) is 0 Å². The largest absolute Gasteiger partial charge is 0.459 e. The van der Waals surface area contributed by atoms with Crippen LogP contribution in [0, 0.1) is 5.82 Å². The lowest BCUT2D eigenvalue weighted by molar-refractivity contribution is -0.160. The number of carbonyl (C=O) groups excluding carboxylic acids is 1. The number of rotatable bonds is 3. The third-order valence-corrected chi connectivity index (χ3v) is 3.72. The summed E-state index contributed by atoms with van der Waals surface area (Å²) >= 11 is 5.69. The number of benzene rings is 1. The Hall–Kier alpha value is -1.13. The van der Waals surface area contributed by atoms with E-state index in [-0.39, 0.29) is 17.0 Å². The fourth-order valence-electron chi connectivity index (χ4n) is 2.52. The second-order valence-corrected chi connectivity index (χ2v) is 6.82. The minimum Gasteiger partial charge on any atom is -0.459 e. The van der Waals surface area contributed by atoms with Gasteiger partial charge in [0, 0.05) is 6.54 Å². The van der Waals surface area contributed by atoms with Gasteiger partial charge in [0.2, 0.25) is 0 Å². The van der Waals surface area contributed by atoms with Gasteiger partial charge in [-0.25, -0.2) is 4.39 Å². The quantitative estimate of drug-likeness (QED) is 0.795. The molecule has 1 aliphatic heterocycles. The number of carbonyl (C=O) groups is 1. The average Bonchev–Trinajstić information content (AvgIpc) is 2.80. The summed E-state index contributed by atoms with van der Waals surface area (Å²) in [7, 11) is 0. The molecule has 1 saturated heterocycles. The van der Waals surface area contributed by atoms with Crippen LogP contribution in [0.2, 0.25) is 5.02 Å². The highest BCUT2D eigenvalue weighted by atomic mass is 35.5. The Morgan fingerprint density at radius 3 is 2.81 bits per heavy atom. The Labute approximate surface area is 130 Å². The van der Waals surface area contributed by atoms with Gasteiger partial charge in [-0.15, -0.1) is 0 Å². The van der Waals surface area contributed by atoms with Crippen LogP contribution in [0.15, 0.2) is 18.2 Å². The number of nitrogens with zero attached hydrogens (tertiary/aromatic N) is 1. The van der Waals surface area contributed by atoms with Crippen molar-refractivity contribution in [2.45, 2.75) is 51.8 Å². The summed E-state index contributed by atoms with van der Waals surface area (Å²) in [6, 6.07) is 4.51. The summed E-state index contributed by atoms with van der Waals surface area (Å²) in [6.07, 6.45) is 1.73. The van der Waals surface area contributed by atoms with Crippen molar-refractivity contribution in [3.05, 3.63) is 34.6 Å². The second kappa shape index (κ2) is 6.32. The Balaban J connectivity index is 2.05. The fraction of sp³-hybridized carbons (Fsp3) is 0.562. The highest BCUT2D eigenvalue weighted by molar-refractivity contribution is 6.30. The van der Waals surface area contributed by atoms with Crippen molar-refractivity contribution in [1.29, 1.82) is 0 Å². The summed E-state index contributed by atoms with van der Waals surface area (Å²) in [5.41, 5.74) is 0.324. The summed E-state index contributed by atoms with van der Waals surface area (Å²) < 4.78 is 18.9. The van der Waals surface area contributed by atoms with Crippen LogP contribution in [-0.4, -0.2) is 29.1 Å². The van der Waals surface area contributed by atoms with Gasteiger partial charge in [0.1, 0.15) is 17.5 Å². The topological polar surface area (TPSA) is 29.5 Å². The van der Waals surface area contributed by atoms with Crippen molar-refractivity contribution in [3.63, 3.8) is 0 Å². The summed E-state index contributed by atoms with van der Waals surface area (Å²) in [5.74, 6) is -0.628. The fourth-order valence-corrected chi connectivity index (χ4v) is 2.64. The molecule has 1 aliphatic rings. The Kier molecular flexibility index (Phi) is 4.89. The SMILES string of the molecule is CC(C)(C)OC(=O)[C@H]1CCCN1Cc1ccc(Cl)c(F)c1. The van der Waals surface area contributed by atoms with Gasteiger partial charge in [-0.1, -0.05) is 17.7 Å². The van der Waals surface area contributed by atoms with Crippen LogP contribution >= 0.6 is 11.6 Å². The molecular weight excluding hydrogens is 293 g/mol. The molecule has 0 bridgehead atoms. The zero-order chi connectivity index (χ0) is 15.6. The highest BCUT2D eigenvalue weighted by Crippen LogP contribution is 2.24. The maximum Gasteiger partial charge on any atom is 0.323 e. The molecule has 0 radical (unpaired) electrons. The molecule has 1 heterocycles. The van der Waals surface area contributed by atoms with Gasteiger partial charge in [-0.2, -0.15) is 0 Å². The molecule has 0 spiro atoms. The first-order chi connectivity index (χ1) is 9.76. The average molecular weight is 314 g/mol. The van der Waals surface area contributed by atoms with Gasteiger partial charge in [0.15, 0.2) is 0 Å². The zero-order valence-corrected chi connectivity index (χ0v) is 13.4. The van der Waals surface area contributed by atoms with E-state index in [0.29, 0.717) is 6.54 Å². The molecular formula is C16H21ClFNO2. The lowest BCUT2D eigenvalue weighted by atomic mass is 10.1. The molecule has 2 rings (SSSR count). The van der Waals surface area contributed by atoms with Gasteiger partial charge in [-0.3, -0.25) is 9.69 Å². The first-order valence-electron chi connectivity index (χ1n) is 7.17. The molecule has 21 heavy (non-hydrogen) atoms. The number of hydrogen-bond donors (Lipinski definition) is 0. The summed E-state index contributed by atoms with van der Waals surface area (Å²) in [4.78, 5) is 14.3. The van der Waals surface area contributed by atoms with Crippen molar-refractivity contribution in [2.75, 3.05) is 6.54 Å².